The van der Waals surface area contributed by atoms with Crippen LogP contribution >= 0.6 is 0 Å². The number of ether oxygens (including phenoxy) is 2. The van der Waals surface area contributed by atoms with Gasteiger partial charge in [0.05, 0.1) is 30.7 Å². The Labute approximate surface area is 274 Å². The summed E-state index contributed by atoms with van der Waals surface area (Å²) in [6.45, 7) is 12.4. The lowest BCUT2D eigenvalue weighted by Gasteiger charge is -2.26. The van der Waals surface area contributed by atoms with E-state index in [1.165, 1.54) is 18.0 Å². The van der Waals surface area contributed by atoms with Gasteiger partial charge in [0.1, 0.15) is 5.75 Å². The van der Waals surface area contributed by atoms with Gasteiger partial charge in [-0.25, -0.2) is 9.97 Å². The van der Waals surface area contributed by atoms with Gasteiger partial charge >= 0.3 is 12.1 Å². The standard InChI is InChI=1S/C37H42F3N3O4/c1-23(2)28-10-9-26(6)34(18-28)33-12-11-31(47-24(3)4)17-29(33)22-43(21-27-14-25(5)15-30(16-27)37(38,39)40)36-41-19-32(20-42-36)46-13-7-8-35(44)45/h9-12,14-20,23-24H,7-8,13,21-22H2,1-6H3,(H,44,45). The van der Waals surface area contributed by atoms with Gasteiger partial charge in [-0.1, -0.05) is 49.7 Å². The normalized spacial score (nSPS) is 11.6. The molecule has 7 nitrogen and oxygen atoms in total. The molecule has 0 atom stereocenters. The fourth-order valence-corrected chi connectivity index (χ4v) is 5.30. The molecule has 0 amide bonds. The molecule has 0 aliphatic carbocycles. The van der Waals surface area contributed by atoms with Crippen molar-refractivity contribution in [2.45, 2.75) is 85.7 Å². The van der Waals surface area contributed by atoms with Gasteiger partial charge in [-0.05, 0) is 97.7 Å². The van der Waals surface area contributed by atoms with E-state index >= 15 is 0 Å². The van der Waals surface area contributed by atoms with Crippen molar-refractivity contribution in [1.29, 1.82) is 0 Å². The highest BCUT2D eigenvalue weighted by Crippen LogP contribution is 2.35. The number of carbonyl (C=O) groups is 1. The zero-order valence-electron chi connectivity index (χ0n) is 27.7. The Hall–Kier alpha value is -4.60. The van der Waals surface area contributed by atoms with Crippen LogP contribution in [0.3, 0.4) is 0 Å². The number of hydrogen-bond acceptors (Lipinski definition) is 6. The average Bonchev–Trinajstić information content (AvgIpc) is 2.99. The second-order valence-electron chi connectivity index (χ2n) is 12.3. The lowest BCUT2D eigenvalue weighted by atomic mass is 9.91. The number of aliphatic carboxylic acids is 1. The van der Waals surface area contributed by atoms with Crippen molar-refractivity contribution in [1.82, 2.24) is 9.97 Å². The molecule has 3 aromatic carbocycles. The predicted molar refractivity (Wildman–Crippen MR) is 177 cm³/mol. The molecule has 0 aliphatic rings. The zero-order chi connectivity index (χ0) is 34.3. The minimum Gasteiger partial charge on any atom is -0.491 e. The molecular formula is C37H42F3N3O4. The third-order valence-corrected chi connectivity index (χ3v) is 7.57. The van der Waals surface area contributed by atoms with Gasteiger partial charge in [0.2, 0.25) is 5.95 Å². The molecule has 0 unspecified atom stereocenters. The second kappa shape index (κ2) is 15.3. The quantitative estimate of drug-likeness (QED) is 0.136. The van der Waals surface area contributed by atoms with E-state index in [9.17, 15) is 18.0 Å². The van der Waals surface area contributed by atoms with E-state index in [1.807, 2.05) is 36.9 Å². The van der Waals surface area contributed by atoms with E-state index in [1.54, 1.807) is 13.0 Å². The number of rotatable bonds is 14. The second-order valence-corrected chi connectivity index (χ2v) is 12.3. The third-order valence-electron chi connectivity index (χ3n) is 7.57. The number of carboxylic acids is 1. The van der Waals surface area contributed by atoms with Gasteiger partial charge in [0.15, 0.2) is 5.75 Å². The fourth-order valence-electron chi connectivity index (χ4n) is 5.30. The maximum atomic E-state index is 13.8. The van der Waals surface area contributed by atoms with Crippen LogP contribution in [0.4, 0.5) is 19.1 Å². The first-order valence-corrected chi connectivity index (χ1v) is 15.7. The van der Waals surface area contributed by atoms with Gasteiger partial charge in [-0.2, -0.15) is 13.2 Å². The summed E-state index contributed by atoms with van der Waals surface area (Å²) in [6.07, 6.45) is -1.27. The van der Waals surface area contributed by atoms with E-state index in [0.29, 0.717) is 40.9 Å². The Bertz CT molecular complexity index is 1670. The van der Waals surface area contributed by atoms with E-state index in [0.717, 1.165) is 34.4 Å². The Kier molecular flexibility index (Phi) is 11.5. The number of carboxylic acid groups (broad SMARTS) is 1. The summed E-state index contributed by atoms with van der Waals surface area (Å²) >= 11 is 0. The van der Waals surface area contributed by atoms with E-state index < -0.39 is 17.7 Å². The molecule has 0 saturated heterocycles. The molecular weight excluding hydrogens is 607 g/mol. The van der Waals surface area contributed by atoms with E-state index in [4.69, 9.17) is 14.6 Å². The minimum absolute atomic E-state index is 0.0232. The number of anilines is 1. The van der Waals surface area contributed by atoms with Gasteiger partial charge in [-0.15, -0.1) is 0 Å². The zero-order valence-corrected chi connectivity index (χ0v) is 27.7. The summed E-state index contributed by atoms with van der Waals surface area (Å²) in [7, 11) is 0. The fraction of sp³-hybridized carbons (Fsp3) is 0.378. The Morgan fingerprint density at radius 1 is 0.894 bits per heavy atom. The third kappa shape index (κ3) is 9.94. The number of nitrogens with zero attached hydrogens (tertiary/aromatic N) is 3. The van der Waals surface area contributed by atoms with E-state index in [-0.39, 0.29) is 32.2 Å². The number of benzene rings is 3. The maximum Gasteiger partial charge on any atom is 0.416 e. The Morgan fingerprint density at radius 3 is 2.26 bits per heavy atom. The lowest BCUT2D eigenvalue weighted by molar-refractivity contribution is -0.138. The van der Waals surface area contributed by atoms with Crippen molar-refractivity contribution in [2.75, 3.05) is 11.5 Å². The summed E-state index contributed by atoms with van der Waals surface area (Å²) in [5.74, 6) is 0.751. The molecule has 0 saturated carbocycles. The highest BCUT2D eigenvalue weighted by atomic mass is 19.4. The summed E-state index contributed by atoms with van der Waals surface area (Å²) in [5, 5.41) is 8.88. The van der Waals surface area contributed by atoms with E-state index in [2.05, 4.69) is 48.9 Å². The van der Waals surface area contributed by atoms with Crippen molar-refractivity contribution in [3.8, 4) is 22.6 Å². The molecule has 0 bridgehead atoms. The maximum absolute atomic E-state index is 13.8. The van der Waals surface area contributed by atoms with Crippen molar-refractivity contribution in [3.63, 3.8) is 0 Å². The smallest absolute Gasteiger partial charge is 0.416 e. The molecule has 0 fully saturated rings. The van der Waals surface area contributed by atoms with Gasteiger partial charge in [0, 0.05) is 19.5 Å². The summed E-state index contributed by atoms with van der Waals surface area (Å²) in [6, 6.07) is 16.4. The van der Waals surface area contributed by atoms with Crippen LogP contribution in [0.2, 0.25) is 0 Å². The molecule has 47 heavy (non-hydrogen) atoms. The molecule has 250 valence electrons. The highest BCUT2D eigenvalue weighted by Gasteiger charge is 2.31. The van der Waals surface area contributed by atoms with Crippen LogP contribution in [0.25, 0.3) is 11.1 Å². The van der Waals surface area contributed by atoms with Crippen molar-refractivity contribution >= 4 is 11.9 Å². The molecule has 4 aromatic rings. The first-order chi connectivity index (χ1) is 22.2. The molecule has 1 heterocycles. The summed E-state index contributed by atoms with van der Waals surface area (Å²) < 4.78 is 53.0. The topological polar surface area (TPSA) is 84.8 Å². The summed E-state index contributed by atoms with van der Waals surface area (Å²) in [5.41, 5.74) is 5.46. The lowest BCUT2D eigenvalue weighted by Crippen LogP contribution is -2.25. The van der Waals surface area contributed by atoms with Crippen LogP contribution in [0.15, 0.2) is 67.0 Å². The molecule has 10 heteroatoms. The average molecular weight is 650 g/mol. The molecule has 0 radical (unpaired) electrons. The summed E-state index contributed by atoms with van der Waals surface area (Å²) in [4.78, 5) is 21.7. The van der Waals surface area contributed by atoms with Crippen molar-refractivity contribution in [2.24, 2.45) is 0 Å². The van der Waals surface area contributed by atoms with Crippen LogP contribution < -0.4 is 14.4 Å². The largest absolute Gasteiger partial charge is 0.491 e. The van der Waals surface area contributed by atoms with Crippen LogP contribution in [-0.4, -0.2) is 33.8 Å². The Morgan fingerprint density at radius 2 is 1.62 bits per heavy atom. The highest BCUT2D eigenvalue weighted by molar-refractivity contribution is 5.73. The number of halogens is 3. The van der Waals surface area contributed by atoms with Crippen LogP contribution in [0.1, 0.15) is 79.8 Å². The minimum atomic E-state index is -4.49. The molecule has 1 N–H and O–H groups in total. The van der Waals surface area contributed by atoms with Crippen molar-refractivity contribution < 1.29 is 32.5 Å². The number of aryl methyl sites for hydroxylation is 2. The number of alkyl halides is 3. The van der Waals surface area contributed by atoms with Crippen LogP contribution in [0.5, 0.6) is 11.5 Å². The SMILES string of the molecule is Cc1cc(CN(Cc2cc(OC(C)C)ccc2-c2cc(C(C)C)ccc2C)c2ncc(OCCCC(=O)O)cn2)cc(C(F)(F)F)c1. The monoisotopic (exact) mass is 649 g/mol. The molecule has 1 aromatic heterocycles. The molecule has 0 aliphatic heterocycles. The van der Waals surface area contributed by atoms with Gasteiger partial charge in [0.25, 0.3) is 0 Å². The van der Waals surface area contributed by atoms with Gasteiger partial charge in [-0.3, -0.25) is 4.79 Å². The first kappa shape index (κ1) is 35.3. The predicted octanol–water partition coefficient (Wildman–Crippen LogP) is 9.14. The first-order valence-electron chi connectivity index (χ1n) is 15.7. The number of hydrogen-bond donors (Lipinski definition) is 1. The van der Waals surface area contributed by atoms with Gasteiger partial charge < -0.3 is 19.5 Å². The van der Waals surface area contributed by atoms with Crippen LogP contribution in [0, 0.1) is 13.8 Å². The Balaban J connectivity index is 1.78. The molecule has 0 spiro atoms. The van der Waals surface area contributed by atoms with Crippen molar-refractivity contribution in [3.05, 3.63) is 100 Å². The van der Waals surface area contributed by atoms with Crippen LogP contribution in [-0.2, 0) is 24.1 Å². The number of aromatic nitrogens is 2. The molecule has 4 rings (SSSR count).